The fourth-order valence-electron chi connectivity index (χ4n) is 1.47. The van der Waals surface area contributed by atoms with E-state index in [-0.39, 0.29) is 5.41 Å². The third-order valence-corrected chi connectivity index (χ3v) is 4.54. The van der Waals surface area contributed by atoms with Crippen LogP contribution in [0.4, 0.5) is 0 Å². The first-order chi connectivity index (χ1) is 7.98. The molecule has 0 fully saturated rings. The number of hydrogen-bond acceptors (Lipinski definition) is 1. The quantitative estimate of drug-likeness (QED) is 0.661. The van der Waals surface area contributed by atoms with Gasteiger partial charge in [0.15, 0.2) is 0 Å². The van der Waals surface area contributed by atoms with E-state index in [4.69, 9.17) is 16.3 Å². The zero-order chi connectivity index (χ0) is 12.9. The van der Waals surface area contributed by atoms with Gasteiger partial charge in [0.05, 0.1) is 6.61 Å². The Labute approximate surface area is 118 Å². The van der Waals surface area contributed by atoms with Gasteiger partial charge in [0, 0.05) is 10.4 Å². The van der Waals surface area contributed by atoms with Gasteiger partial charge in [0.25, 0.3) is 0 Å². The summed E-state index contributed by atoms with van der Waals surface area (Å²) in [6.45, 7) is 7.34. The minimum atomic E-state index is 0.146. The number of halogens is 2. The van der Waals surface area contributed by atoms with Gasteiger partial charge >= 0.3 is 0 Å². The largest absolute Gasteiger partial charge is 0.494 e. The van der Waals surface area contributed by atoms with Crippen LogP contribution < -0.4 is 4.74 Å². The predicted molar refractivity (Wildman–Crippen MR) is 77.9 cm³/mol. The Bertz CT molecular complexity index is 354. The number of hydrogen-bond donors (Lipinski definition) is 0. The maximum Gasteiger partial charge on any atom is 0.120 e. The van der Waals surface area contributed by atoms with Crippen LogP contribution in [0, 0.1) is 11.3 Å². The number of benzene rings is 1. The molecule has 1 rings (SSSR count). The number of ether oxygens (including phenoxy) is 1. The van der Waals surface area contributed by atoms with Crippen molar-refractivity contribution >= 4 is 27.5 Å². The molecule has 1 nitrogen and oxygen atoms in total. The predicted octanol–water partition coefficient (Wildman–Crippen LogP) is 5.12. The van der Waals surface area contributed by atoms with E-state index < -0.39 is 0 Å². The SMILES string of the molecule is CC(C)C(C)(CCl)CCOc1cccc(Br)c1. The molecule has 0 saturated heterocycles. The lowest BCUT2D eigenvalue weighted by molar-refractivity contribution is 0.179. The Balaban J connectivity index is 2.47. The topological polar surface area (TPSA) is 9.23 Å². The summed E-state index contributed by atoms with van der Waals surface area (Å²) in [6, 6.07) is 7.91. The van der Waals surface area contributed by atoms with Crippen molar-refractivity contribution in [2.45, 2.75) is 27.2 Å². The van der Waals surface area contributed by atoms with Gasteiger partial charge in [0.2, 0.25) is 0 Å². The van der Waals surface area contributed by atoms with Gasteiger partial charge in [-0.25, -0.2) is 0 Å². The first kappa shape index (κ1) is 14.8. The third kappa shape index (κ3) is 4.51. The highest BCUT2D eigenvalue weighted by Gasteiger charge is 2.27. The Hall–Kier alpha value is -0.210. The van der Waals surface area contributed by atoms with Crippen molar-refractivity contribution in [3.05, 3.63) is 28.7 Å². The van der Waals surface area contributed by atoms with Crippen LogP contribution in [0.25, 0.3) is 0 Å². The molecular formula is C14H20BrClO. The lowest BCUT2D eigenvalue weighted by atomic mass is 9.78. The van der Waals surface area contributed by atoms with Crippen LogP contribution in [0.2, 0.25) is 0 Å². The average molecular weight is 320 g/mol. The molecule has 0 bridgehead atoms. The molecule has 1 unspecified atom stereocenters. The average Bonchev–Trinajstić information content (AvgIpc) is 2.28. The molecule has 0 heterocycles. The minimum absolute atomic E-state index is 0.146. The molecule has 3 heteroatoms. The van der Waals surface area contributed by atoms with Crippen molar-refractivity contribution in [3.8, 4) is 5.75 Å². The molecule has 0 aliphatic rings. The maximum atomic E-state index is 6.05. The summed E-state index contributed by atoms with van der Waals surface area (Å²) >= 11 is 9.48. The van der Waals surface area contributed by atoms with E-state index >= 15 is 0 Å². The standard InChI is InChI=1S/C14H20BrClO/c1-11(2)14(3,10-16)7-8-17-13-6-4-5-12(15)9-13/h4-6,9,11H,7-8,10H2,1-3H3. The minimum Gasteiger partial charge on any atom is -0.494 e. The maximum absolute atomic E-state index is 6.05. The Morgan fingerprint density at radius 2 is 2.12 bits per heavy atom. The van der Waals surface area contributed by atoms with Gasteiger partial charge in [-0.3, -0.25) is 0 Å². The van der Waals surface area contributed by atoms with Crippen LogP contribution in [0.15, 0.2) is 28.7 Å². The van der Waals surface area contributed by atoms with Crippen molar-refractivity contribution in [2.75, 3.05) is 12.5 Å². The van der Waals surface area contributed by atoms with Gasteiger partial charge in [0.1, 0.15) is 5.75 Å². The molecule has 0 spiro atoms. The molecule has 0 aliphatic carbocycles. The molecule has 0 saturated carbocycles. The van der Waals surface area contributed by atoms with Gasteiger partial charge < -0.3 is 4.74 Å². The van der Waals surface area contributed by atoms with Crippen molar-refractivity contribution in [1.29, 1.82) is 0 Å². The van der Waals surface area contributed by atoms with Gasteiger partial charge in [-0.2, -0.15) is 0 Å². The van der Waals surface area contributed by atoms with E-state index in [9.17, 15) is 0 Å². The van der Waals surface area contributed by atoms with Crippen LogP contribution in [-0.4, -0.2) is 12.5 Å². The summed E-state index contributed by atoms with van der Waals surface area (Å²) in [6.07, 6.45) is 0.973. The summed E-state index contributed by atoms with van der Waals surface area (Å²) in [7, 11) is 0. The molecule has 1 atom stereocenters. The zero-order valence-corrected chi connectivity index (χ0v) is 13.0. The smallest absolute Gasteiger partial charge is 0.120 e. The van der Waals surface area contributed by atoms with Crippen LogP contribution in [-0.2, 0) is 0 Å². The van der Waals surface area contributed by atoms with E-state index in [1.54, 1.807) is 0 Å². The molecule has 0 aliphatic heterocycles. The van der Waals surface area contributed by atoms with E-state index in [1.807, 2.05) is 24.3 Å². The van der Waals surface area contributed by atoms with Crippen molar-refractivity contribution in [1.82, 2.24) is 0 Å². The Morgan fingerprint density at radius 1 is 1.41 bits per heavy atom. The molecule has 0 radical (unpaired) electrons. The summed E-state index contributed by atoms with van der Waals surface area (Å²) in [5, 5.41) is 0. The Kier molecular flexibility index (Phi) is 5.81. The van der Waals surface area contributed by atoms with E-state index in [2.05, 4.69) is 36.7 Å². The van der Waals surface area contributed by atoms with E-state index in [0.29, 0.717) is 18.4 Å². The highest BCUT2D eigenvalue weighted by Crippen LogP contribution is 2.32. The van der Waals surface area contributed by atoms with E-state index in [1.165, 1.54) is 0 Å². The fraction of sp³-hybridized carbons (Fsp3) is 0.571. The number of rotatable bonds is 6. The van der Waals surface area contributed by atoms with Crippen LogP contribution in [0.5, 0.6) is 5.75 Å². The first-order valence-corrected chi connectivity index (χ1v) is 7.25. The Morgan fingerprint density at radius 3 is 2.65 bits per heavy atom. The molecule has 1 aromatic rings. The van der Waals surface area contributed by atoms with Crippen LogP contribution >= 0.6 is 27.5 Å². The first-order valence-electron chi connectivity index (χ1n) is 5.92. The highest BCUT2D eigenvalue weighted by atomic mass is 79.9. The second-order valence-corrected chi connectivity index (χ2v) is 6.18. The second-order valence-electron chi connectivity index (χ2n) is 5.00. The molecule has 0 N–H and O–H groups in total. The van der Waals surface area contributed by atoms with Gasteiger partial charge in [-0.1, -0.05) is 42.8 Å². The monoisotopic (exact) mass is 318 g/mol. The summed E-state index contributed by atoms with van der Waals surface area (Å²) in [5.74, 6) is 2.14. The van der Waals surface area contributed by atoms with Crippen LogP contribution in [0.3, 0.4) is 0 Å². The van der Waals surface area contributed by atoms with Gasteiger partial charge in [-0.15, -0.1) is 11.6 Å². The summed E-state index contributed by atoms with van der Waals surface area (Å²) in [4.78, 5) is 0. The summed E-state index contributed by atoms with van der Waals surface area (Å²) < 4.78 is 6.79. The molecule has 0 amide bonds. The number of alkyl halides is 1. The molecule has 17 heavy (non-hydrogen) atoms. The van der Waals surface area contributed by atoms with Crippen molar-refractivity contribution in [3.63, 3.8) is 0 Å². The highest BCUT2D eigenvalue weighted by molar-refractivity contribution is 9.10. The molecule has 1 aromatic carbocycles. The molecule has 96 valence electrons. The summed E-state index contributed by atoms with van der Waals surface area (Å²) in [5.41, 5.74) is 0.146. The van der Waals surface area contributed by atoms with Crippen LogP contribution in [0.1, 0.15) is 27.2 Å². The van der Waals surface area contributed by atoms with Crippen molar-refractivity contribution < 1.29 is 4.74 Å². The second kappa shape index (κ2) is 6.65. The van der Waals surface area contributed by atoms with Crippen molar-refractivity contribution in [2.24, 2.45) is 11.3 Å². The van der Waals surface area contributed by atoms with Gasteiger partial charge in [-0.05, 0) is 36.0 Å². The lowest BCUT2D eigenvalue weighted by Crippen LogP contribution is -2.27. The zero-order valence-electron chi connectivity index (χ0n) is 10.7. The molecule has 0 aromatic heterocycles. The normalized spacial score (nSPS) is 14.7. The third-order valence-electron chi connectivity index (χ3n) is 3.44. The lowest BCUT2D eigenvalue weighted by Gasteiger charge is -2.31. The van der Waals surface area contributed by atoms with E-state index in [0.717, 1.165) is 16.6 Å². The molecular weight excluding hydrogens is 300 g/mol. The fourth-order valence-corrected chi connectivity index (χ4v) is 2.29.